The third kappa shape index (κ3) is 2.38. The lowest BCUT2D eigenvalue weighted by atomic mass is 9.51. The summed E-state index contributed by atoms with van der Waals surface area (Å²) in [4.78, 5) is 14.6. The minimum absolute atomic E-state index is 0.0203. The summed E-state index contributed by atoms with van der Waals surface area (Å²) >= 11 is 0. The SMILES string of the molecule is CC(C)(C)OC(=O)N1CCC2(C)c3cccc(O)c3C[C@@H]1C2(C)C. The molecule has 3 rings (SSSR count). The van der Waals surface area contributed by atoms with Gasteiger partial charge in [-0.25, -0.2) is 4.79 Å². The van der Waals surface area contributed by atoms with E-state index in [0.717, 1.165) is 12.0 Å². The van der Waals surface area contributed by atoms with E-state index in [-0.39, 0.29) is 23.0 Å². The van der Waals surface area contributed by atoms with Gasteiger partial charge in [-0.2, -0.15) is 0 Å². The number of phenols is 1. The zero-order valence-corrected chi connectivity index (χ0v) is 15.6. The molecule has 1 unspecified atom stereocenters. The van der Waals surface area contributed by atoms with Gasteiger partial charge in [0.2, 0.25) is 0 Å². The molecule has 1 saturated heterocycles. The maximum Gasteiger partial charge on any atom is 0.410 e. The van der Waals surface area contributed by atoms with Gasteiger partial charge >= 0.3 is 6.09 Å². The fraction of sp³-hybridized carbons (Fsp3) is 0.650. The fourth-order valence-corrected chi connectivity index (χ4v) is 4.47. The number of benzene rings is 1. The summed E-state index contributed by atoms with van der Waals surface area (Å²) in [7, 11) is 0. The van der Waals surface area contributed by atoms with E-state index in [2.05, 4.69) is 26.8 Å². The summed E-state index contributed by atoms with van der Waals surface area (Å²) in [5.41, 5.74) is 1.55. The van der Waals surface area contributed by atoms with Crippen molar-refractivity contribution in [2.24, 2.45) is 5.41 Å². The van der Waals surface area contributed by atoms with E-state index in [1.807, 2.05) is 31.7 Å². The first-order chi connectivity index (χ1) is 11.0. The smallest absolute Gasteiger partial charge is 0.410 e. The minimum Gasteiger partial charge on any atom is -0.508 e. The van der Waals surface area contributed by atoms with Crippen molar-refractivity contribution in [2.45, 2.75) is 71.4 Å². The van der Waals surface area contributed by atoms with Crippen molar-refractivity contribution in [3.05, 3.63) is 29.3 Å². The Labute approximate surface area is 144 Å². The third-order valence-corrected chi connectivity index (χ3v) is 6.26. The highest BCUT2D eigenvalue weighted by Crippen LogP contribution is 2.57. The van der Waals surface area contributed by atoms with Crippen molar-refractivity contribution < 1.29 is 14.6 Å². The van der Waals surface area contributed by atoms with E-state index in [4.69, 9.17) is 4.74 Å². The number of fused-ring (bicyclic) bond motifs is 4. The van der Waals surface area contributed by atoms with E-state index in [1.54, 1.807) is 6.07 Å². The summed E-state index contributed by atoms with van der Waals surface area (Å²) < 4.78 is 5.64. The van der Waals surface area contributed by atoms with Crippen molar-refractivity contribution in [3.8, 4) is 5.75 Å². The van der Waals surface area contributed by atoms with Crippen molar-refractivity contribution in [1.29, 1.82) is 0 Å². The number of likely N-dealkylation sites (tertiary alicyclic amines) is 1. The molecular weight excluding hydrogens is 302 g/mol. The number of amides is 1. The fourth-order valence-electron chi connectivity index (χ4n) is 4.47. The second-order valence-electron chi connectivity index (χ2n) is 9.00. The molecular formula is C20H29NO3. The molecule has 0 spiro atoms. The highest BCUT2D eigenvalue weighted by atomic mass is 16.6. The van der Waals surface area contributed by atoms with Gasteiger partial charge in [0.25, 0.3) is 0 Å². The van der Waals surface area contributed by atoms with Crippen molar-refractivity contribution in [3.63, 3.8) is 0 Å². The Morgan fingerprint density at radius 1 is 1.29 bits per heavy atom. The zero-order valence-electron chi connectivity index (χ0n) is 15.6. The van der Waals surface area contributed by atoms with Crippen LogP contribution in [-0.2, 0) is 16.6 Å². The number of piperidine rings is 1. The molecule has 2 bridgehead atoms. The lowest BCUT2D eigenvalue weighted by molar-refractivity contribution is -0.0524. The Balaban J connectivity index is 2.04. The molecule has 2 aliphatic rings. The van der Waals surface area contributed by atoms with Crippen LogP contribution >= 0.6 is 0 Å². The number of nitrogens with zero attached hydrogens (tertiary/aromatic N) is 1. The van der Waals surface area contributed by atoms with E-state index in [9.17, 15) is 9.90 Å². The molecule has 1 aromatic carbocycles. The number of hydrogen-bond donors (Lipinski definition) is 1. The maximum atomic E-state index is 12.7. The molecule has 1 N–H and O–H groups in total. The molecule has 24 heavy (non-hydrogen) atoms. The molecule has 1 amide bonds. The summed E-state index contributed by atoms with van der Waals surface area (Å²) in [6.07, 6.45) is 1.29. The Kier molecular flexibility index (Phi) is 3.67. The van der Waals surface area contributed by atoms with Crippen LogP contribution in [0, 0.1) is 5.41 Å². The van der Waals surface area contributed by atoms with Gasteiger partial charge in [-0.05, 0) is 56.2 Å². The minimum atomic E-state index is -0.503. The second kappa shape index (κ2) is 5.14. The van der Waals surface area contributed by atoms with Gasteiger partial charge in [0.05, 0.1) is 0 Å². The van der Waals surface area contributed by atoms with Crippen LogP contribution in [0.2, 0.25) is 0 Å². The topological polar surface area (TPSA) is 49.8 Å². The average molecular weight is 331 g/mol. The quantitative estimate of drug-likeness (QED) is 0.773. The number of carbonyl (C=O) groups excluding carboxylic acids is 1. The molecule has 4 heteroatoms. The molecule has 0 aromatic heterocycles. The first-order valence-electron chi connectivity index (χ1n) is 8.78. The number of ether oxygens (including phenoxy) is 1. The predicted molar refractivity (Wildman–Crippen MR) is 94.3 cm³/mol. The molecule has 1 heterocycles. The zero-order chi connectivity index (χ0) is 17.9. The van der Waals surface area contributed by atoms with Gasteiger partial charge < -0.3 is 14.7 Å². The molecule has 1 aliphatic carbocycles. The van der Waals surface area contributed by atoms with Crippen molar-refractivity contribution >= 4 is 6.09 Å². The number of aromatic hydroxyl groups is 1. The van der Waals surface area contributed by atoms with Gasteiger partial charge in [0.1, 0.15) is 11.4 Å². The van der Waals surface area contributed by atoms with Crippen LogP contribution in [0.5, 0.6) is 5.75 Å². The molecule has 1 fully saturated rings. The van der Waals surface area contributed by atoms with E-state index in [1.165, 1.54) is 5.56 Å². The molecule has 0 radical (unpaired) electrons. The third-order valence-electron chi connectivity index (χ3n) is 6.26. The Bertz CT molecular complexity index is 674. The van der Waals surface area contributed by atoms with Crippen LogP contribution in [0.15, 0.2) is 18.2 Å². The van der Waals surface area contributed by atoms with Crippen LogP contribution in [0.1, 0.15) is 59.1 Å². The summed E-state index contributed by atoms with van der Waals surface area (Å²) in [6, 6.07) is 5.83. The van der Waals surface area contributed by atoms with E-state index in [0.29, 0.717) is 18.7 Å². The molecule has 0 saturated carbocycles. The van der Waals surface area contributed by atoms with Crippen LogP contribution < -0.4 is 0 Å². The molecule has 2 atom stereocenters. The largest absolute Gasteiger partial charge is 0.508 e. The number of carbonyl (C=O) groups is 1. The Morgan fingerprint density at radius 2 is 1.96 bits per heavy atom. The van der Waals surface area contributed by atoms with Gasteiger partial charge in [-0.15, -0.1) is 0 Å². The maximum absolute atomic E-state index is 12.7. The van der Waals surface area contributed by atoms with E-state index < -0.39 is 5.60 Å². The summed E-state index contributed by atoms with van der Waals surface area (Å²) in [5.74, 6) is 0.338. The highest BCUT2D eigenvalue weighted by molar-refractivity contribution is 5.70. The van der Waals surface area contributed by atoms with Crippen molar-refractivity contribution in [2.75, 3.05) is 6.54 Å². The second-order valence-corrected chi connectivity index (χ2v) is 9.00. The molecule has 132 valence electrons. The van der Waals surface area contributed by atoms with Gasteiger partial charge in [0, 0.05) is 18.0 Å². The van der Waals surface area contributed by atoms with E-state index >= 15 is 0 Å². The monoisotopic (exact) mass is 331 g/mol. The number of rotatable bonds is 0. The lowest BCUT2D eigenvalue weighted by Crippen LogP contribution is -2.65. The molecule has 4 nitrogen and oxygen atoms in total. The van der Waals surface area contributed by atoms with Gasteiger partial charge in [-0.3, -0.25) is 0 Å². The van der Waals surface area contributed by atoms with Gasteiger partial charge in [0.15, 0.2) is 0 Å². The standard InChI is InChI=1S/C20H29NO3/c1-18(2,3)24-17(23)21-11-10-20(6)14-8-7-9-15(22)13(14)12-16(21)19(20,4)5/h7-9,16,22H,10-12H2,1-6H3/t16-,20?/m1/s1. The van der Waals surface area contributed by atoms with Crippen LogP contribution in [0.4, 0.5) is 4.79 Å². The summed E-state index contributed by atoms with van der Waals surface area (Å²) in [6.45, 7) is 13.1. The normalized spacial score (nSPS) is 28.2. The lowest BCUT2D eigenvalue weighted by Gasteiger charge is -2.60. The Hall–Kier alpha value is -1.71. The van der Waals surface area contributed by atoms with Crippen LogP contribution in [0.3, 0.4) is 0 Å². The summed E-state index contributed by atoms with van der Waals surface area (Å²) in [5, 5.41) is 10.4. The number of phenolic OH excluding ortho intramolecular Hbond substituents is 1. The molecule has 1 aliphatic heterocycles. The first-order valence-corrected chi connectivity index (χ1v) is 8.78. The first kappa shape index (κ1) is 17.1. The van der Waals surface area contributed by atoms with Crippen LogP contribution in [-0.4, -0.2) is 34.3 Å². The van der Waals surface area contributed by atoms with Crippen molar-refractivity contribution in [1.82, 2.24) is 4.90 Å². The predicted octanol–water partition coefficient (Wildman–Crippen LogP) is 4.24. The van der Waals surface area contributed by atoms with Crippen LogP contribution in [0.25, 0.3) is 0 Å². The number of hydrogen-bond acceptors (Lipinski definition) is 3. The molecule has 1 aromatic rings. The Morgan fingerprint density at radius 3 is 2.58 bits per heavy atom. The average Bonchev–Trinajstić information content (AvgIpc) is 2.41. The highest BCUT2D eigenvalue weighted by Gasteiger charge is 2.57. The van der Waals surface area contributed by atoms with Gasteiger partial charge in [-0.1, -0.05) is 32.9 Å².